The maximum absolute atomic E-state index is 14.4. The van der Waals surface area contributed by atoms with Gasteiger partial charge >= 0.3 is 0 Å². The number of morpholine rings is 1. The number of hydrogen-bond donors (Lipinski definition) is 1. The van der Waals surface area contributed by atoms with Crippen molar-refractivity contribution >= 4 is 5.91 Å². The van der Waals surface area contributed by atoms with Crippen molar-refractivity contribution in [2.45, 2.75) is 52.2 Å². The summed E-state index contributed by atoms with van der Waals surface area (Å²) in [5.41, 5.74) is 3.34. The van der Waals surface area contributed by atoms with Gasteiger partial charge in [0.15, 0.2) is 0 Å². The molecule has 2 saturated heterocycles. The smallest absolute Gasteiger partial charge is 0.241 e. The number of piperazine rings is 1. The second-order valence-corrected chi connectivity index (χ2v) is 12.5. The van der Waals surface area contributed by atoms with Crippen LogP contribution in [0.4, 0.5) is 8.78 Å². The lowest BCUT2D eigenvalue weighted by atomic mass is 9.88. The molecular formula is C30H43F2N5O2. The lowest BCUT2D eigenvalue weighted by Gasteiger charge is -2.43. The molecule has 0 bridgehead atoms. The molecule has 0 saturated carbocycles. The summed E-state index contributed by atoms with van der Waals surface area (Å²) in [4.78, 5) is 22.9. The number of carbonyl (C=O) groups excluding carboxylic acids is 1. The Morgan fingerprint density at radius 1 is 1.21 bits per heavy atom. The summed E-state index contributed by atoms with van der Waals surface area (Å²) in [7, 11) is 2.04. The maximum Gasteiger partial charge on any atom is 0.241 e. The van der Waals surface area contributed by atoms with Crippen LogP contribution in [0.1, 0.15) is 33.3 Å². The number of rotatable bonds is 6. The third-order valence-corrected chi connectivity index (χ3v) is 8.64. The van der Waals surface area contributed by atoms with E-state index in [-0.39, 0.29) is 17.4 Å². The molecule has 4 aliphatic rings. The fraction of sp³-hybridized carbons (Fsp3) is 0.633. The minimum atomic E-state index is -0.575. The molecule has 4 heterocycles. The molecule has 0 aromatic heterocycles. The van der Waals surface area contributed by atoms with Gasteiger partial charge in [0.2, 0.25) is 5.91 Å². The van der Waals surface area contributed by atoms with Gasteiger partial charge in [-0.2, -0.15) is 0 Å². The summed E-state index contributed by atoms with van der Waals surface area (Å²) in [6, 6.07) is 4.68. The van der Waals surface area contributed by atoms with E-state index in [1.54, 1.807) is 0 Å². The fourth-order valence-corrected chi connectivity index (χ4v) is 6.72. The molecule has 2 fully saturated rings. The Kier molecular flexibility index (Phi) is 8.15. The van der Waals surface area contributed by atoms with Crippen molar-refractivity contribution in [3.63, 3.8) is 0 Å². The standard InChI is InChI=1S/C30H43F2N5O2/c1-20-14-36(25(13-33-20)16-35-8-9-39-18-21(35)2)17-28(38)37-19-30(3,4)29-27(37)11-22(15-34(29)5)10-23-6-7-24(31)12-26(23)32/h6-7,11-12,20-21,25,33H,8-10,13-19H2,1-5H3/t20-,21-,25-/m1/s1. The van der Waals surface area contributed by atoms with Crippen LogP contribution in [0.25, 0.3) is 0 Å². The van der Waals surface area contributed by atoms with E-state index < -0.39 is 11.6 Å². The predicted molar refractivity (Wildman–Crippen MR) is 148 cm³/mol. The summed E-state index contributed by atoms with van der Waals surface area (Å²) < 4.78 is 33.5. The van der Waals surface area contributed by atoms with Crippen LogP contribution in [0.3, 0.4) is 0 Å². The summed E-state index contributed by atoms with van der Waals surface area (Å²) in [6.07, 6.45) is 2.45. The molecule has 7 nitrogen and oxygen atoms in total. The molecule has 0 unspecified atom stereocenters. The number of halogens is 2. The van der Waals surface area contributed by atoms with Crippen molar-refractivity contribution in [3.05, 3.63) is 58.4 Å². The zero-order valence-electron chi connectivity index (χ0n) is 24.0. The van der Waals surface area contributed by atoms with Crippen molar-refractivity contribution in [1.29, 1.82) is 0 Å². The van der Waals surface area contributed by atoms with E-state index in [1.807, 2.05) is 11.9 Å². The summed E-state index contributed by atoms with van der Waals surface area (Å²) in [5.74, 6) is -1.01. The second-order valence-electron chi connectivity index (χ2n) is 12.5. The average Bonchev–Trinajstić information content (AvgIpc) is 3.15. The van der Waals surface area contributed by atoms with Gasteiger partial charge < -0.3 is 19.9 Å². The Morgan fingerprint density at radius 2 is 2.00 bits per heavy atom. The zero-order valence-corrected chi connectivity index (χ0v) is 24.0. The first-order chi connectivity index (χ1) is 18.5. The summed E-state index contributed by atoms with van der Waals surface area (Å²) >= 11 is 0. The molecule has 1 aromatic rings. The highest BCUT2D eigenvalue weighted by molar-refractivity contribution is 5.82. The van der Waals surface area contributed by atoms with Crippen LogP contribution < -0.4 is 5.32 Å². The number of nitrogens with zero attached hydrogens (tertiary/aromatic N) is 4. The maximum atomic E-state index is 14.4. The number of carbonyl (C=O) groups is 1. The summed E-state index contributed by atoms with van der Waals surface area (Å²) in [6.45, 7) is 15.4. The van der Waals surface area contributed by atoms with Gasteiger partial charge in [-0.15, -0.1) is 0 Å². The minimum Gasteiger partial charge on any atom is -0.379 e. The SMILES string of the molecule is C[C@@H]1CN(CC(=O)N2CC(C)(C)C3=C2C=C(Cc2ccc(F)cc2F)CN3C)[C@@H](CN2CCOC[C@H]2C)CN1. The number of amides is 1. The Balaban J connectivity index is 1.35. The van der Waals surface area contributed by atoms with E-state index in [0.717, 1.165) is 62.4 Å². The van der Waals surface area contributed by atoms with Crippen LogP contribution in [0, 0.1) is 17.0 Å². The monoisotopic (exact) mass is 543 g/mol. The molecule has 5 rings (SSSR count). The van der Waals surface area contributed by atoms with Gasteiger partial charge in [0.05, 0.1) is 25.5 Å². The molecular weight excluding hydrogens is 500 g/mol. The highest BCUT2D eigenvalue weighted by Gasteiger charge is 2.44. The molecule has 1 amide bonds. The van der Waals surface area contributed by atoms with Crippen molar-refractivity contribution < 1.29 is 18.3 Å². The van der Waals surface area contributed by atoms with E-state index in [1.165, 1.54) is 12.1 Å². The van der Waals surface area contributed by atoms with Crippen molar-refractivity contribution in [3.8, 4) is 0 Å². The number of allylic oxidation sites excluding steroid dienone is 1. The number of nitrogens with one attached hydrogen (secondary N) is 1. The number of hydrogen-bond acceptors (Lipinski definition) is 6. The van der Waals surface area contributed by atoms with Crippen LogP contribution in [0.15, 0.2) is 41.2 Å². The lowest BCUT2D eigenvalue weighted by Crippen LogP contribution is -2.62. The quantitative estimate of drug-likeness (QED) is 0.596. The molecule has 1 aromatic carbocycles. The first-order valence-corrected chi connectivity index (χ1v) is 14.2. The van der Waals surface area contributed by atoms with Crippen molar-refractivity contribution in [1.82, 2.24) is 24.9 Å². The Labute approximate surface area is 231 Å². The number of likely N-dealkylation sites (N-methyl/N-ethyl adjacent to an activating group) is 1. The van der Waals surface area contributed by atoms with Gasteiger partial charge in [0.25, 0.3) is 0 Å². The van der Waals surface area contributed by atoms with Crippen LogP contribution >= 0.6 is 0 Å². The Morgan fingerprint density at radius 3 is 2.74 bits per heavy atom. The van der Waals surface area contributed by atoms with E-state index in [0.29, 0.717) is 43.7 Å². The third-order valence-electron chi connectivity index (χ3n) is 8.64. The molecule has 39 heavy (non-hydrogen) atoms. The molecule has 9 heteroatoms. The third kappa shape index (κ3) is 6.06. The molecule has 0 aliphatic carbocycles. The van der Waals surface area contributed by atoms with Gasteiger partial charge in [-0.05, 0) is 43.5 Å². The van der Waals surface area contributed by atoms with Gasteiger partial charge in [0, 0.05) is 81.6 Å². The van der Waals surface area contributed by atoms with Gasteiger partial charge in [-0.3, -0.25) is 14.6 Å². The Hall–Kier alpha value is -2.33. The van der Waals surface area contributed by atoms with Crippen LogP contribution in [-0.2, 0) is 16.0 Å². The lowest BCUT2D eigenvalue weighted by molar-refractivity contribution is -0.131. The summed E-state index contributed by atoms with van der Waals surface area (Å²) in [5, 5.41) is 3.61. The normalized spacial score (nSPS) is 28.1. The minimum absolute atomic E-state index is 0.0982. The van der Waals surface area contributed by atoms with Gasteiger partial charge in [-0.25, -0.2) is 8.78 Å². The molecule has 0 radical (unpaired) electrons. The molecule has 4 aliphatic heterocycles. The average molecular weight is 544 g/mol. The van der Waals surface area contributed by atoms with E-state index in [9.17, 15) is 13.6 Å². The predicted octanol–water partition coefficient (Wildman–Crippen LogP) is 2.84. The molecule has 214 valence electrons. The Bertz CT molecular complexity index is 1150. The van der Waals surface area contributed by atoms with E-state index >= 15 is 0 Å². The fourth-order valence-electron chi connectivity index (χ4n) is 6.72. The number of benzene rings is 1. The first kappa shape index (κ1) is 28.2. The second kappa shape index (κ2) is 11.3. The van der Waals surface area contributed by atoms with Crippen LogP contribution in [0.2, 0.25) is 0 Å². The van der Waals surface area contributed by atoms with E-state index in [4.69, 9.17) is 4.74 Å². The van der Waals surface area contributed by atoms with Crippen LogP contribution in [-0.4, -0.2) is 110 Å². The largest absolute Gasteiger partial charge is 0.379 e. The molecule has 0 spiro atoms. The first-order valence-electron chi connectivity index (χ1n) is 14.2. The molecule has 1 N–H and O–H groups in total. The highest BCUT2D eigenvalue weighted by Crippen LogP contribution is 2.43. The number of ether oxygens (including phenoxy) is 1. The van der Waals surface area contributed by atoms with Gasteiger partial charge in [0.1, 0.15) is 11.6 Å². The highest BCUT2D eigenvalue weighted by atomic mass is 19.1. The van der Waals surface area contributed by atoms with Crippen molar-refractivity contribution in [2.75, 3.05) is 66.1 Å². The van der Waals surface area contributed by atoms with E-state index in [2.05, 4.69) is 53.8 Å². The van der Waals surface area contributed by atoms with Crippen LogP contribution in [0.5, 0.6) is 0 Å². The topological polar surface area (TPSA) is 51.3 Å². The molecule has 3 atom stereocenters. The zero-order chi connectivity index (χ0) is 27.9. The van der Waals surface area contributed by atoms with Gasteiger partial charge in [-0.1, -0.05) is 19.9 Å². The van der Waals surface area contributed by atoms with Crippen molar-refractivity contribution in [2.24, 2.45) is 5.41 Å².